The van der Waals surface area contributed by atoms with Crippen LogP contribution in [-0.2, 0) is 4.74 Å². The van der Waals surface area contributed by atoms with Crippen LogP contribution in [0.15, 0.2) is 95.9 Å². The molecule has 234 valence electrons. The molecule has 1 fully saturated rings. The molecule has 11 nitrogen and oxygen atoms in total. The van der Waals surface area contributed by atoms with E-state index in [2.05, 4.69) is 5.32 Å². The molecule has 0 aromatic heterocycles. The summed E-state index contributed by atoms with van der Waals surface area (Å²) in [6, 6.07) is 24.0. The zero-order chi connectivity index (χ0) is 32.5. The van der Waals surface area contributed by atoms with Crippen LogP contribution < -0.4 is 10.1 Å². The smallest absolute Gasteiger partial charge is 0.343 e. The predicted molar refractivity (Wildman–Crippen MR) is 172 cm³/mol. The molecule has 4 aromatic rings. The highest BCUT2D eigenvalue weighted by atomic mass is 35.5. The fraction of sp³-hybridized carbons (Fsp3) is 0.212. The van der Waals surface area contributed by atoms with Crippen molar-refractivity contribution in [1.82, 2.24) is 0 Å². The summed E-state index contributed by atoms with van der Waals surface area (Å²) in [6.07, 6.45) is 0.574. The van der Waals surface area contributed by atoms with Crippen LogP contribution in [0.5, 0.6) is 5.75 Å². The van der Waals surface area contributed by atoms with Crippen molar-refractivity contribution in [2.24, 2.45) is 5.92 Å². The van der Waals surface area contributed by atoms with Gasteiger partial charge < -0.3 is 14.8 Å². The number of fused-ring (bicyclic) bond motifs is 3. The van der Waals surface area contributed by atoms with Gasteiger partial charge in [-0.2, -0.15) is 0 Å². The molecule has 0 radical (unpaired) electrons. The fourth-order valence-electron chi connectivity index (χ4n) is 6.24. The van der Waals surface area contributed by atoms with E-state index in [-0.39, 0.29) is 51.4 Å². The van der Waals surface area contributed by atoms with Gasteiger partial charge >= 0.3 is 11.9 Å². The average molecular weight is 660 g/mol. The molecular weight excluding hydrogens is 634 g/mol. The number of hydrogen-bond donors (Lipinski definition) is 1. The van der Waals surface area contributed by atoms with Crippen LogP contribution in [0, 0.1) is 26.1 Å². The van der Waals surface area contributed by atoms with Crippen LogP contribution in [0.25, 0.3) is 0 Å². The lowest BCUT2D eigenvalue weighted by Crippen LogP contribution is -2.31. The Balaban J connectivity index is 1.36. The summed E-state index contributed by atoms with van der Waals surface area (Å²) in [7, 11) is 1.24. The maximum absolute atomic E-state index is 13.4. The van der Waals surface area contributed by atoms with Crippen molar-refractivity contribution in [3.63, 3.8) is 0 Å². The van der Waals surface area contributed by atoms with Gasteiger partial charge in [0.15, 0.2) is 0 Å². The van der Waals surface area contributed by atoms with Crippen LogP contribution in [0.1, 0.15) is 50.2 Å². The molecule has 0 amide bonds. The van der Waals surface area contributed by atoms with Crippen molar-refractivity contribution in [1.29, 1.82) is 0 Å². The Hall–Kier alpha value is -4.94. The molecule has 2 aliphatic rings. The molecule has 1 N–H and O–H groups in total. The predicted octanol–water partition coefficient (Wildman–Crippen LogP) is 7.55. The number of nitrogens with one attached hydrogen (secondary N) is 1. The largest absolute Gasteiger partial charge is 0.465 e. The molecule has 0 spiro atoms. The molecule has 1 saturated carbocycles. The molecule has 0 unspecified atom stereocenters. The van der Waals surface area contributed by atoms with Gasteiger partial charge in [-0.05, 0) is 59.9 Å². The van der Waals surface area contributed by atoms with Crippen LogP contribution in [0.3, 0.4) is 0 Å². The number of benzene rings is 4. The Morgan fingerprint density at radius 2 is 1.63 bits per heavy atom. The summed E-state index contributed by atoms with van der Waals surface area (Å²) in [5.74, 6) is -1.67. The molecule has 6 rings (SSSR count). The van der Waals surface area contributed by atoms with E-state index in [0.717, 1.165) is 16.8 Å². The number of alkyl halides is 1. The van der Waals surface area contributed by atoms with Crippen LogP contribution >= 0.6 is 23.4 Å². The molecule has 0 saturated heterocycles. The van der Waals surface area contributed by atoms with E-state index >= 15 is 0 Å². The van der Waals surface area contributed by atoms with E-state index in [0.29, 0.717) is 11.3 Å². The molecule has 1 aliphatic heterocycles. The summed E-state index contributed by atoms with van der Waals surface area (Å²) < 4.78 is 10.4. The van der Waals surface area contributed by atoms with E-state index in [1.807, 2.05) is 0 Å². The van der Waals surface area contributed by atoms with Gasteiger partial charge in [0.25, 0.3) is 11.4 Å². The number of para-hydroxylation sites is 2. The first-order chi connectivity index (χ1) is 22.2. The Kier molecular flexibility index (Phi) is 8.65. The summed E-state index contributed by atoms with van der Waals surface area (Å²) in [6.45, 7) is 0. The SMILES string of the molecule is COC(=O)c1ccccc1OC(=O)c1ccc2c(c1)[C@@H]1[C@H](Cl)[C@H](Sc3ccccc3[N+](=O)[O-])C[C@@H]1[C@@H](c1ccc([N+](=O)[O-])cc1)N2. The summed E-state index contributed by atoms with van der Waals surface area (Å²) in [4.78, 5) is 48.3. The zero-order valence-corrected chi connectivity index (χ0v) is 25.8. The topological polar surface area (TPSA) is 151 Å². The summed E-state index contributed by atoms with van der Waals surface area (Å²) >= 11 is 8.59. The van der Waals surface area contributed by atoms with Crippen LogP contribution in [0.2, 0.25) is 0 Å². The normalized spacial score (nSPS) is 21.3. The van der Waals surface area contributed by atoms with Crippen molar-refractivity contribution in [3.8, 4) is 5.75 Å². The number of carbonyl (C=O) groups is 2. The lowest BCUT2D eigenvalue weighted by Gasteiger charge is -2.38. The third-order valence-corrected chi connectivity index (χ3v) is 10.5. The summed E-state index contributed by atoms with van der Waals surface area (Å²) in [5, 5.41) is 25.9. The Morgan fingerprint density at radius 1 is 0.913 bits per heavy atom. The van der Waals surface area contributed by atoms with Crippen molar-refractivity contribution in [2.75, 3.05) is 12.4 Å². The number of rotatable bonds is 8. The highest BCUT2D eigenvalue weighted by Crippen LogP contribution is 2.58. The number of halogens is 1. The number of nitro groups is 2. The first-order valence-electron chi connectivity index (χ1n) is 14.2. The third-order valence-electron chi connectivity index (χ3n) is 8.35. The summed E-state index contributed by atoms with van der Waals surface area (Å²) in [5.41, 5.74) is 2.66. The third kappa shape index (κ3) is 5.88. The number of anilines is 1. The molecule has 0 bridgehead atoms. The Bertz CT molecular complexity index is 1850. The minimum absolute atomic E-state index is 0.00560. The minimum Gasteiger partial charge on any atom is -0.465 e. The molecule has 1 aliphatic carbocycles. The highest BCUT2D eigenvalue weighted by Gasteiger charge is 2.50. The molecule has 4 aromatic carbocycles. The van der Waals surface area contributed by atoms with Gasteiger partial charge in [0.1, 0.15) is 11.3 Å². The van der Waals surface area contributed by atoms with E-state index in [1.165, 1.54) is 49.2 Å². The lowest BCUT2D eigenvalue weighted by atomic mass is 9.77. The molecule has 1 heterocycles. The average Bonchev–Trinajstić information content (AvgIpc) is 3.39. The van der Waals surface area contributed by atoms with Crippen LogP contribution in [-0.4, -0.2) is 39.5 Å². The molecular formula is C33H26ClN3O8S. The lowest BCUT2D eigenvalue weighted by molar-refractivity contribution is -0.387. The quantitative estimate of drug-likeness (QED) is 0.0660. The van der Waals surface area contributed by atoms with Gasteiger partial charge in [-0.25, -0.2) is 9.59 Å². The number of nitrogens with zero attached hydrogens (tertiary/aromatic N) is 2. The first-order valence-corrected chi connectivity index (χ1v) is 15.6. The molecule has 5 atom stereocenters. The maximum Gasteiger partial charge on any atom is 0.343 e. The maximum atomic E-state index is 13.4. The van der Waals surface area contributed by atoms with Crippen molar-refractivity contribution in [2.45, 2.75) is 33.9 Å². The van der Waals surface area contributed by atoms with Crippen molar-refractivity contribution in [3.05, 3.63) is 133 Å². The van der Waals surface area contributed by atoms with E-state index in [1.54, 1.807) is 60.7 Å². The first kappa shape index (κ1) is 31.1. The van der Waals surface area contributed by atoms with Gasteiger partial charge in [0.2, 0.25) is 0 Å². The van der Waals surface area contributed by atoms with Gasteiger partial charge in [-0.3, -0.25) is 20.2 Å². The highest BCUT2D eigenvalue weighted by molar-refractivity contribution is 8.00. The van der Waals surface area contributed by atoms with Crippen molar-refractivity contribution >= 4 is 52.4 Å². The number of non-ortho nitro benzene ring substituents is 1. The second kappa shape index (κ2) is 12.8. The molecule has 46 heavy (non-hydrogen) atoms. The number of hydrogen-bond acceptors (Lipinski definition) is 10. The second-order valence-corrected chi connectivity index (χ2v) is 12.7. The second-order valence-electron chi connectivity index (χ2n) is 10.9. The number of thioether (sulfide) groups is 1. The van der Waals surface area contributed by atoms with Gasteiger partial charge in [0, 0.05) is 35.1 Å². The standard InChI is InChI=1S/C33H26ClN3O8S/c1-44-33(39)21-6-2-4-8-26(21)45-32(38)19-12-15-24-22(16-19)29-23(31(35-24)18-10-13-20(14-11-18)36(40)41)17-28(30(29)34)46-27-9-5-3-7-25(27)37(42)43/h2-16,23,28-31,35H,17H2,1H3/t23-,28+,29-,30+,31+/m0/s1. The monoisotopic (exact) mass is 659 g/mol. The van der Waals surface area contributed by atoms with E-state index in [9.17, 15) is 29.8 Å². The Labute approximate surface area is 272 Å². The van der Waals surface area contributed by atoms with E-state index in [4.69, 9.17) is 21.1 Å². The number of nitro benzene ring substituents is 2. The van der Waals surface area contributed by atoms with E-state index < -0.39 is 27.2 Å². The zero-order valence-electron chi connectivity index (χ0n) is 24.2. The number of ether oxygens (including phenoxy) is 2. The fourth-order valence-corrected chi connectivity index (χ4v) is 8.18. The number of carbonyl (C=O) groups excluding carboxylic acids is 2. The number of esters is 2. The van der Waals surface area contributed by atoms with Crippen molar-refractivity contribution < 1.29 is 28.9 Å². The molecule has 13 heteroatoms. The Morgan fingerprint density at radius 3 is 2.35 bits per heavy atom. The van der Waals surface area contributed by atoms with Crippen LogP contribution in [0.4, 0.5) is 17.1 Å². The van der Waals surface area contributed by atoms with Gasteiger partial charge in [-0.15, -0.1) is 23.4 Å². The van der Waals surface area contributed by atoms with Gasteiger partial charge in [-0.1, -0.05) is 36.4 Å². The minimum atomic E-state index is -0.678. The number of methoxy groups -OCH3 is 1. The van der Waals surface area contributed by atoms with Gasteiger partial charge in [0.05, 0.1) is 38.8 Å².